The number of ether oxygens (including phenoxy) is 1. The first-order chi connectivity index (χ1) is 14.2. The van der Waals surface area contributed by atoms with E-state index in [9.17, 15) is 9.18 Å². The summed E-state index contributed by atoms with van der Waals surface area (Å²) in [7, 11) is 0. The SMILES string of the molecule is CC(C)(C)c1ccc(COc2ccc(-c3ccc(F)cc3)cc2C=CC(=O)O)cc1. The van der Waals surface area contributed by atoms with Gasteiger partial charge in [-0.2, -0.15) is 0 Å². The number of carboxylic acids is 1. The van der Waals surface area contributed by atoms with Gasteiger partial charge in [-0.25, -0.2) is 9.18 Å². The van der Waals surface area contributed by atoms with Gasteiger partial charge in [0.25, 0.3) is 0 Å². The predicted molar refractivity (Wildman–Crippen MR) is 118 cm³/mol. The molecule has 3 aromatic carbocycles. The van der Waals surface area contributed by atoms with E-state index in [1.54, 1.807) is 12.1 Å². The maximum atomic E-state index is 13.2. The summed E-state index contributed by atoms with van der Waals surface area (Å²) >= 11 is 0. The number of rotatable bonds is 6. The molecule has 0 fully saturated rings. The Morgan fingerprint density at radius 3 is 2.20 bits per heavy atom. The van der Waals surface area contributed by atoms with Gasteiger partial charge in [0.15, 0.2) is 0 Å². The summed E-state index contributed by atoms with van der Waals surface area (Å²) in [6.45, 7) is 6.88. The second kappa shape index (κ2) is 8.95. The van der Waals surface area contributed by atoms with Crippen LogP contribution in [-0.2, 0) is 16.8 Å². The Kier molecular flexibility index (Phi) is 6.36. The lowest BCUT2D eigenvalue weighted by atomic mass is 9.87. The third-order valence-corrected chi connectivity index (χ3v) is 4.81. The number of halogens is 1. The third-order valence-electron chi connectivity index (χ3n) is 4.81. The maximum absolute atomic E-state index is 13.2. The fraction of sp³-hybridized carbons (Fsp3) is 0.192. The molecule has 0 aliphatic rings. The highest BCUT2D eigenvalue weighted by Gasteiger charge is 2.13. The number of hydrogen-bond acceptors (Lipinski definition) is 2. The summed E-state index contributed by atoms with van der Waals surface area (Å²) < 4.78 is 19.2. The van der Waals surface area contributed by atoms with Crippen LogP contribution in [0.2, 0.25) is 0 Å². The van der Waals surface area contributed by atoms with Crippen molar-refractivity contribution in [3.8, 4) is 16.9 Å². The highest BCUT2D eigenvalue weighted by atomic mass is 19.1. The van der Waals surface area contributed by atoms with Gasteiger partial charge in [-0.3, -0.25) is 0 Å². The molecule has 0 saturated carbocycles. The normalized spacial score (nSPS) is 11.6. The third kappa shape index (κ3) is 5.57. The fourth-order valence-electron chi connectivity index (χ4n) is 3.06. The largest absolute Gasteiger partial charge is 0.488 e. The molecular weight excluding hydrogens is 379 g/mol. The van der Waals surface area contributed by atoms with Crippen molar-refractivity contribution in [2.24, 2.45) is 0 Å². The Morgan fingerprint density at radius 2 is 1.60 bits per heavy atom. The molecule has 0 amide bonds. The Morgan fingerprint density at radius 1 is 0.967 bits per heavy atom. The molecular formula is C26H25FO3. The van der Waals surface area contributed by atoms with Crippen LogP contribution in [-0.4, -0.2) is 11.1 Å². The Hall–Kier alpha value is -3.40. The molecule has 0 heterocycles. The van der Waals surface area contributed by atoms with Gasteiger partial charge in [0.05, 0.1) is 0 Å². The van der Waals surface area contributed by atoms with E-state index in [2.05, 4.69) is 32.9 Å². The summed E-state index contributed by atoms with van der Waals surface area (Å²) in [6, 6.07) is 20.0. The lowest BCUT2D eigenvalue weighted by Gasteiger charge is -2.19. The topological polar surface area (TPSA) is 46.5 Å². The summed E-state index contributed by atoms with van der Waals surface area (Å²) in [4.78, 5) is 11.0. The monoisotopic (exact) mass is 404 g/mol. The molecule has 0 aliphatic heterocycles. The molecule has 0 spiro atoms. The van der Waals surface area contributed by atoms with Gasteiger partial charge in [0.2, 0.25) is 0 Å². The lowest BCUT2D eigenvalue weighted by molar-refractivity contribution is -0.131. The van der Waals surface area contributed by atoms with E-state index >= 15 is 0 Å². The van der Waals surface area contributed by atoms with Gasteiger partial charge >= 0.3 is 5.97 Å². The van der Waals surface area contributed by atoms with Gasteiger partial charge in [0.1, 0.15) is 18.2 Å². The molecule has 0 saturated heterocycles. The van der Waals surface area contributed by atoms with Gasteiger partial charge in [-0.05, 0) is 58.0 Å². The van der Waals surface area contributed by atoms with Crippen molar-refractivity contribution in [1.29, 1.82) is 0 Å². The summed E-state index contributed by atoms with van der Waals surface area (Å²) in [5.41, 5.74) is 4.70. The number of aliphatic carboxylic acids is 1. The van der Waals surface area contributed by atoms with E-state index in [1.807, 2.05) is 30.3 Å². The van der Waals surface area contributed by atoms with Crippen molar-refractivity contribution in [2.45, 2.75) is 32.8 Å². The van der Waals surface area contributed by atoms with Gasteiger partial charge < -0.3 is 9.84 Å². The van der Waals surface area contributed by atoms with Gasteiger partial charge in [-0.15, -0.1) is 0 Å². The van der Waals surface area contributed by atoms with Crippen LogP contribution in [0.15, 0.2) is 72.8 Å². The minimum absolute atomic E-state index is 0.0877. The summed E-state index contributed by atoms with van der Waals surface area (Å²) in [5.74, 6) is -0.758. The first-order valence-electron chi connectivity index (χ1n) is 9.75. The van der Waals surface area contributed by atoms with Crippen LogP contribution in [0, 0.1) is 5.82 Å². The first kappa shape index (κ1) is 21.3. The molecule has 0 atom stereocenters. The molecule has 0 unspecified atom stereocenters. The van der Waals surface area contributed by atoms with Crippen LogP contribution in [0.3, 0.4) is 0 Å². The molecule has 3 nitrogen and oxygen atoms in total. The molecule has 4 heteroatoms. The van der Waals surface area contributed by atoms with Crippen molar-refractivity contribution in [1.82, 2.24) is 0 Å². The minimum Gasteiger partial charge on any atom is -0.488 e. The standard InChI is InChI=1S/C26H25FO3/c1-26(2,3)22-10-4-18(5-11-22)17-30-24-14-8-20(16-21(24)9-15-25(28)29)19-6-12-23(27)13-7-19/h4-16H,17H2,1-3H3,(H,28,29). The van der Waals surface area contributed by atoms with Crippen molar-refractivity contribution in [3.05, 3.63) is 95.3 Å². The zero-order valence-corrected chi connectivity index (χ0v) is 17.4. The summed E-state index contributed by atoms with van der Waals surface area (Å²) in [6.07, 6.45) is 2.59. The molecule has 3 aromatic rings. The molecule has 30 heavy (non-hydrogen) atoms. The van der Waals surface area contributed by atoms with Crippen molar-refractivity contribution in [3.63, 3.8) is 0 Å². The second-order valence-corrected chi connectivity index (χ2v) is 8.17. The van der Waals surface area contributed by atoms with Crippen molar-refractivity contribution < 1.29 is 19.0 Å². The van der Waals surface area contributed by atoms with Crippen LogP contribution >= 0.6 is 0 Å². The molecule has 0 radical (unpaired) electrons. The zero-order valence-electron chi connectivity index (χ0n) is 17.4. The quantitative estimate of drug-likeness (QED) is 0.479. The fourth-order valence-corrected chi connectivity index (χ4v) is 3.06. The number of hydrogen-bond donors (Lipinski definition) is 1. The van der Waals surface area contributed by atoms with E-state index in [1.165, 1.54) is 23.8 Å². The molecule has 0 bridgehead atoms. The number of carbonyl (C=O) groups is 1. The Bertz CT molecular complexity index is 1040. The number of carboxylic acid groups (broad SMARTS) is 1. The van der Waals surface area contributed by atoms with Gasteiger partial charge in [-0.1, -0.05) is 63.2 Å². The van der Waals surface area contributed by atoms with E-state index in [0.29, 0.717) is 17.9 Å². The minimum atomic E-state index is -1.04. The van der Waals surface area contributed by atoms with E-state index < -0.39 is 5.97 Å². The average molecular weight is 404 g/mol. The van der Waals surface area contributed by atoms with E-state index in [-0.39, 0.29) is 11.2 Å². The Balaban J connectivity index is 1.84. The highest BCUT2D eigenvalue weighted by molar-refractivity contribution is 5.86. The van der Waals surface area contributed by atoms with Crippen LogP contribution in [0.5, 0.6) is 5.75 Å². The van der Waals surface area contributed by atoms with Crippen molar-refractivity contribution >= 4 is 12.0 Å². The molecule has 154 valence electrons. The molecule has 1 N–H and O–H groups in total. The van der Waals surface area contributed by atoms with Crippen molar-refractivity contribution in [2.75, 3.05) is 0 Å². The lowest BCUT2D eigenvalue weighted by Crippen LogP contribution is -2.10. The molecule has 3 rings (SSSR count). The Labute approximate surface area is 176 Å². The van der Waals surface area contributed by atoms with Crippen LogP contribution < -0.4 is 4.74 Å². The smallest absolute Gasteiger partial charge is 0.328 e. The molecule has 0 aliphatic carbocycles. The van der Waals surface area contributed by atoms with Gasteiger partial charge in [0, 0.05) is 11.6 Å². The van der Waals surface area contributed by atoms with E-state index in [4.69, 9.17) is 9.84 Å². The zero-order chi connectivity index (χ0) is 21.7. The average Bonchev–Trinajstić information content (AvgIpc) is 2.71. The van der Waals surface area contributed by atoms with E-state index in [0.717, 1.165) is 22.8 Å². The predicted octanol–water partition coefficient (Wildman–Crippen LogP) is 6.47. The van der Waals surface area contributed by atoms with Crippen LogP contribution in [0.25, 0.3) is 17.2 Å². The number of benzene rings is 3. The van der Waals surface area contributed by atoms with Crippen LogP contribution in [0.4, 0.5) is 4.39 Å². The summed E-state index contributed by atoms with van der Waals surface area (Å²) in [5, 5.41) is 9.01. The highest BCUT2D eigenvalue weighted by Crippen LogP contribution is 2.29. The second-order valence-electron chi connectivity index (χ2n) is 8.17. The van der Waals surface area contributed by atoms with Crippen LogP contribution in [0.1, 0.15) is 37.5 Å². The molecule has 0 aromatic heterocycles. The maximum Gasteiger partial charge on any atom is 0.328 e. The first-order valence-corrected chi connectivity index (χ1v) is 9.75.